The molecule has 0 aliphatic rings. The fourth-order valence-electron chi connectivity index (χ4n) is 5.34. The lowest BCUT2D eigenvalue weighted by Crippen LogP contribution is -2.56. The number of rotatable bonds is 18. The van der Waals surface area contributed by atoms with Crippen LogP contribution < -0.4 is 10.6 Å². The highest BCUT2D eigenvalue weighted by molar-refractivity contribution is 5.94. The maximum absolute atomic E-state index is 14.5. The number of nitrogens with zero attached hydrogens (tertiary/aromatic N) is 1. The number of hydrogen-bond acceptors (Lipinski definition) is 7. The molecule has 3 atom stereocenters. The minimum Gasteiger partial charge on any atom is -0.458 e. The summed E-state index contributed by atoms with van der Waals surface area (Å²) in [6.07, 6.45) is 5.74. The maximum atomic E-state index is 14.5. The second-order valence-electron chi connectivity index (χ2n) is 14.5. The molecule has 3 unspecified atom stereocenters. The number of aryl methyl sites for hydroxylation is 1. The smallest absolute Gasteiger partial charge is 0.408 e. The number of carbonyl (C=O) groups is 4. The molecule has 49 heavy (non-hydrogen) atoms. The van der Waals surface area contributed by atoms with E-state index in [2.05, 4.69) is 17.6 Å². The molecule has 0 aromatic heterocycles. The first-order chi connectivity index (χ1) is 23.1. The molecule has 0 aliphatic heterocycles. The molecule has 0 saturated heterocycles. The molecule has 0 bridgehead atoms. The van der Waals surface area contributed by atoms with E-state index in [1.54, 1.807) is 53.7 Å². The number of unbranched alkanes of at least 4 members (excludes halogenated alkanes) is 5. The molecule has 2 aromatic carbocycles. The molecule has 2 rings (SSSR count). The van der Waals surface area contributed by atoms with Crippen molar-refractivity contribution in [1.29, 1.82) is 0 Å². The van der Waals surface area contributed by atoms with Gasteiger partial charge in [0.15, 0.2) is 0 Å². The predicted octanol–water partition coefficient (Wildman–Crippen LogP) is 6.43. The summed E-state index contributed by atoms with van der Waals surface area (Å²) in [5.41, 5.74) is 0.778. The lowest BCUT2D eigenvalue weighted by Gasteiger charge is -2.35. The molecule has 3 N–H and O–H groups in total. The average Bonchev–Trinajstić information content (AvgIpc) is 3.03. The zero-order valence-corrected chi connectivity index (χ0v) is 30.8. The van der Waals surface area contributed by atoms with E-state index in [0.29, 0.717) is 12.0 Å². The summed E-state index contributed by atoms with van der Waals surface area (Å²) in [6, 6.07) is 13.1. The molecule has 0 radical (unpaired) electrons. The third-order valence-electron chi connectivity index (χ3n) is 7.76. The molecule has 0 saturated carbocycles. The van der Waals surface area contributed by atoms with E-state index < -0.39 is 59.8 Å². The summed E-state index contributed by atoms with van der Waals surface area (Å²) in [5.74, 6) is -1.82. The van der Waals surface area contributed by atoms with Crippen LogP contribution in [0.2, 0.25) is 0 Å². The van der Waals surface area contributed by atoms with Crippen molar-refractivity contribution in [1.82, 2.24) is 15.5 Å². The lowest BCUT2D eigenvalue weighted by atomic mass is 9.98. The fourth-order valence-corrected chi connectivity index (χ4v) is 5.34. The fraction of sp³-hybridized carbons (Fsp3) is 0.590. The van der Waals surface area contributed by atoms with Gasteiger partial charge in [-0.15, -0.1) is 0 Å². The molecule has 0 spiro atoms. The van der Waals surface area contributed by atoms with Crippen LogP contribution in [-0.2, 0) is 36.7 Å². The van der Waals surface area contributed by atoms with Crippen LogP contribution in [0, 0.1) is 0 Å². The first-order valence-electron chi connectivity index (χ1n) is 17.6. The van der Waals surface area contributed by atoms with Gasteiger partial charge in [-0.3, -0.25) is 9.59 Å². The Morgan fingerprint density at radius 3 is 1.88 bits per heavy atom. The topological polar surface area (TPSA) is 134 Å². The molecule has 10 heteroatoms. The van der Waals surface area contributed by atoms with Crippen molar-refractivity contribution in [2.75, 3.05) is 13.2 Å². The van der Waals surface area contributed by atoms with E-state index in [1.807, 2.05) is 49.4 Å². The van der Waals surface area contributed by atoms with Gasteiger partial charge in [0.25, 0.3) is 0 Å². The van der Waals surface area contributed by atoms with Gasteiger partial charge in [0.1, 0.15) is 29.3 Å². The van der Waals surface area contributed by atoms with E-state index in [1.165, 1.54) is 4.90 Å². The van der Waals surface area contributed by atoms with Crippen molar-refractivity contribution in [2.45, 2.75) is 136 Å². The molecule has 3 amide bonds. The van der Waals surface area contributed by atoms with Gasteiger partial charge in [0, 0.05) is 13.0 Å². The predicted molar refractivity (Wildman–Crippen MR) is 192 cm³/mol. The van der Waals surface area contributed by atoms with Gasteiger partial charge in [0.2, 0.25) is 11.8 Å². The van der Waals surface area contributed by atoms with Crippen molar-refractivity contribution < 1.29 is 33.8 Å². The number of carbonyl (C=O) groups excluding carboxylic acids is 4. The van der Waals surface area contributed by atoms with Crippen molar-refractivity contribution in [2.24, 2.45) is 0 Å². The van der Waals surface area contributed by atoms with Crippen molar-refractivity contribution in [3.8, 4) is 0 Å². The number of aliphatic hydroxyl groups excluding tert-OH is 1. The van der Waals surface area contributed by atoms with Crippen LogP contribution in [0.1, 0.15) is 117 Å². The Balaban J connectivity index is 2.58. The van der Waals surface area contributed by atoms with E-state index >= 15 is 0 Å². The molecule has 0 heterocycles. The van der Waals surface area contributed by atoms with Crippen LogP contribution in [0.25, 0.3) is 0 Å². The maximum Gasteiger partial charge on any atom is 0.408 e. The highest BCUT2D eigenvalue weighted by Crippen LogP contribution is 2.25. The number of nitrogens with one attached hydrogen (secondary N) is 2. The third kappa shape index (κ3) is 15.0. The summed E-state index contributed by atoms with van der Waals surface area (Å²) in [4.78, 5) is 56.5. The van der Waals surface area contributed by atoms with E-state index in [0.717, 1.165) is 49.7 Å². The lowest BCUT2D eigenvalue weighted by molar-refractivity contribution is -0.159. The highest BCUT2D eigenvalue weighted by Gasteiger charge is 2.38. The summed E-state index contributed by atoms with van der Waals surface area (Å²) in [5, 5.41) is 15.7. The minimum atomic E-state index is -1.37. The minimum absolute atomic E-state index is 0.174. The number of hydrogen-bond donors (Lipinski definition) is 3. The Hall–Kier alpha value is -3.92. The first-order valence-corrected chi connectivity index (χ1v) is 17.6. The normalized spacial score (nSPS) is 13.5. The number of alkyl carbamates (subject to hydrolysis) is 1. The zero-order valence-electron chi connectivity index (χ0n) is 30.8. The van der Waals surface area contributed by atoms with Crippen LogP contribution >= 0.6 is 0 Å². The summed E-state index contributed by atoms with van der Waals surface area (Å²) >= 11 is 0. The van der Waals surface area contributed by atoms with Crippen LogP contribution in [-0.4, -0.2) is 70.3 Å². The van der Waals surface area contributed by atoms with Gasteiger partial charge >= 0.3 is 12.1 Å². The standard InChI is InChI=1S/C39H59N3O7/c1-9-11-12-13-14-18-25-42(35(45)32(27-43)41-37(47)49-39(6,7)8)33(30-23-21-28(10-2)22-24-30)34(44)40-31(36(46)48-38(3,4)5)26-29-19-16-15-17-20-29/h15-17,19-24,31-33,43H,9-14,18,25-27H2,1-8H3,(H,40,44)(H,41,47). The molecule has 272 valence electrons. The number of esters is 1. The molecule has 0 fully saturated rings. The van der Waals surface area contributed by atoms with Gasteiger partial charge in [-0.1, -0.05) is 101 Å². The van der Waals surface area contributed by atoms with Gasteiger partial charge in [0.05, 0.1) is 6.61 Å². The van der Waals surface area contributed by atoms with Crippen LogP contribution in [0.15, 0.2) is 54.6 Å². The summed E-state index contributed by atoms with van der Waals surface area (Å²) in [6.45, 7) is 14.0. The number of aliphatic hydroxyl groups is 1. The quantitative estimate of drug-likeness (QED) is 0.122. The van der Waals surface area contributed by atoms with Gasteiger partial charge in [-0.25, -0.2) is 9.59 Å². The summed E-state index contributed by atoms with van der Waals surface area (Å²) in [7, 11) is 0. The summed E-state index contributed by atoms with van der Waals surface area (Å²) < 4.78 is 11.1. The van der Waals surface area contributed by atoms with Crippen molar-refractivity contribution in [3.05, 3.63) is 71.3 Å². The monoisotopic (exact) mass is 681 g/mol. The Morgan fingerprint density at radius 2 is 1.33 bits per heavy atom. The van der Waals surface area contributed by atoms with E-state index in [-0.39, 0.29) is 13.0 Å². The van der Waals surface area contributed by atoms with Crippen LogP contribution in [0.3, 0.4) is 0 Å². The first kappa shape index (κ1) is 41.3. The van der Waals surface area contributed by atoms with E-state index in [9.17, 15) is 24.3 Å². The molecule has 2 aromatic rings. The molecular formula is C39H59N3O7. The van der Waals surface area contributed by atoms with E-state index in [4.69, 9.17) is 9.47 Å². The van der Waals surface area contributed by atoms with Gasteiger partial charge in [-0.05, 0) is 71.1 Å². The SMILES string of the molecule is CCCCCCCCN(C(=O)C(CO)NC(=O)OC(C)(C)C)C(C(=O)NC(Cc1ccccc1)C(=O)OC(C)(C)C)c1ccc(CC)cc1. The second-order valence-corrected chi connectivity index (χ2v) is 14.5. The average molecular weight is 682 g/mol. The molecular weight excluding hydrogens is 622 g/mol. The third-order valence-corrected chi connectivity index (χ3v) is 7.76. The van der Waals surface area contributed by atoms with Crippen LogP contribution in [0.4, 0.5) is 4.79 Å². The largest absolute Gasteiger partial charge is 0.458 e. The second kappa shape index (κ2) is 19.9. The zero-order chi connectivity index (χ0) is 36.6. The van der Waals surface area contributed by atoms with Gasteiger partial charge < -0.3 is 30.1 Å². The van der Waals surface area contributed by atoms with Crippen molar-refractivity contribution in [3.63, 3.8) is 0 Å². The number of benzene rings is 2. The highest BCUT2D eigenvalue weighted by atomic mass is 16.6. The van der Waals surface area contributed by atoms with Crippen molar-refractivity contribution >= 4 is 23.9 Å². The Morgan fingerprint density at radius 1 is 0.735 bits per heavy atom. The van der Waals surface area contributed by atoms with Crippen LogP contribution in [0.5, 0.6) is 0 Å². The Kier molecular flexibility index (Phi) is 16.8. The number of ether oxygens (including phenoxy) is 2. The Labute approximate surface area is 293 Å². The molecule has 0 aliphatic carbocycles. The number of amides is 3. The molecule has 10 nitrogen and oxygen atoms in total. The Bertz CT molecular complexity index is 1320. The van der Waals surface area contributed by atoms with Gasteiger partial charge in [-0.2, -0.15) is 0 Å².